The van der Waals surface area contributed by atoms with E-state index >= 15 is 0 Å². The Labute approximate surface area is 127 Å². The average Bonchev–Trinajstić information content (AvgIpc) is 2.52. The Hall–Kier alpha value is -1.73. The fourth-order valence-corrected chi connectivity index (χ4v) is 2.88. The van der Waals surface area contributed by atoms with Crippen molar-refractivity contribution in [1.82, 2.24) is 5.32 Å². The number of nitrogens with zero attached hydrogens (tertiary/aromatic N) is 2. The van der Waals surface area contributed by atoms with E-state index < -0.39 is 0 Å². The molecule has 114 valence electrons. The fourth-order valence-electron chi connectivity index (χ4n) is 2.88. The van der Waals surface area contributed by atoms with Crippen LogP contribution in [0.25, 0.3) is 0 Å². The second-order valence-corrected chi connectivity index (χ2v) is 5.89. The number of methoxy groups -OCH3 is 1. The van der Waals surface area contributed by atoms with Gasteiger partial charge in [-0.1, -0.05) is 6.42 Å². The van der Waals surface area contributed by atoms with E-state index in [1.54, 1.807) is 7.11 Å². The maximum atomic E-state index is 9.39. The second kappa shape index (κ2) is 7.33. The molecule has 0 saturated carbocycles. The molecular formula is C17H25N3O. The van der Waals surface area contributed by atoms with Gasteiger partial charge in [0, 0.05) is 24.7 Å². The molecule has 2 rings (SSSR count). The number of benzene rings is 1. The first-order valence-electron chi connectivity index (χ1n) is 7.74. The van der Waals surface area contributed by atoms with Gasteiger partial charge in [-0.2, -0.15) is 5.26 Å². The van der Waals surface area contributed by atoms with Gasteiger partial charge in [0.25, 0.3) is 0 Å². The van der Waals surface area contributed by atoms with Gasteiger partial charge in [-0.25, -0.2) is 0 Å². The smallest absolute Gasteiger partial charge is 0.121 e. The summed E-state index contributed by atoms with van der Waals surface area (Å²) >= 11 is 0. The minimum Gasteiger partial charge on any atom is -0.497 e. The lowest BCUT2D eigenvalue weighted by atomic mass is 10.0. The third-order valence-corrected chi connectivity index (χ3v) is 4.09. The van der Waals surface area contributed by atoms with Crippen molar-refractivity contribution >= 4 is 5.69 Å². The van der Waals surface area contributed by atoms with Gasteiger partial charge in [0.05, 0.1) is 18.4 Å². The quantitative estimate of drug-likeness (QED) is 0.904. The van der Waals surface area contributed by atoms with Crippen LogP contribution < -0.4 is 15.0 Å². The van der Waals surface area contributed by atoms with Crippen LogP contribution >= 0.6 is 0 Å². The van der Waals surface area contributed by atoms with E-state index in [1.807, 2.05) is 18.2 Å². The van der Waals surface area contributed by atoms with E-state index in [1.165, 1.54) is 19.3 Å². The zero-order valence-corrected chi connectivity index (χ0v) is 13.2. The van der Waals surface area contributed by atoms with Crippen LogP contribution in [-0.2, 0) is 0 Å². The van der Waals surface area contributed by atoms with Crippen molar-refractivity contribution in [2.75, 3.05) is 25.1 Å². The molecule has 1 N–H and O–H groups in total. The Morgan fingerprint density at radius 1 is 1.43 bits per heavy atom. The summed E-state index contributed by atoms with van der Waals surface area (Å²) in [6, 6.07) is 8.81. The lowest BCUT2D eigenvalue weighted by Crippen LogP contribution is -2.46. The lowest BCUT2D eigenvalue weighted by molar-refractivity contribution is 0.392. The zero-order chi connectivity index (χ0) is 15.2. The van der Waals surface area contributed by atoms with Crippen molar-refractivity contribution in [2.24, 2.45) is 0 Å². The molecule has 1 aromatic carbocycles. The molecule has 0 aliphatic carbocycles. The van der Waals surface area contributed by atoms with E-state index in [-0.39, 0.29) is 0 Å². The molecule has 1 unspecified atom stereocenters. The topological polar surface area (TPSA) is 48.3 Å². The SMILES string of the molecule is COc1ccc(C#N)c(N(CC2CCCCN2)C(C)C)c1. The molecule has 0 aromatic heterocycles. The molecule has 1 heterocycles. The Morgan fingerprint density at radius 3 is 2.81 bits per heavy atom. The summed E-state index contributed by atoms with van der Waals surface area (Å²) in [6.45, 7) is 6.37. The van der Waals surface area contributed by atoms with Crippen molar-refractivity contribution in [2.45, 2.75) is 45.2 Å². The molecule has 21 heavy (non-hydrogen) atoms. The summed E-state index contributed by atoms with van der Waals surface area (Å²) in [6.07, 6.45) is 3.75. The predicted molar refractivity (Wildman–Crippen MR) is 85.8 cm³/mol. The van der Waals surface area contributed by atoms with Crippen LogP contribution in [0.2, 0.25) is 0 Å². The lowest BCUT2D eigenvalue weighted by Gasteiger charge is -2.35. The predicted octanol–water partition coefficient (Wildman–Crippen LogP) is 2.92. The van der Waals surface area contributed by atoms with Crippen LogP contribution in [-0.4, -0.2) is 32.3 Å². The van der Waals surface area contributed by atoms with Gasteiger partial charge in [0.15, 0.2) is 0 Å². The van der Waals surface area contributed by atoms with Crippen LogP contribution in [0.5, 0.6) is 5.75 Å². The first-order valence-corrected chi connectivity index (χ1v) is 7.74. The summed E-state index contributed by atoms with van der Waals surface area (Å²) in [4.78, 5) is 2.31. The summed E-state index contributed by atoms with van der Waals surface area (Å²) in [7, 11) is 1.66. The molecule has 1 aliphatic rings. The Bertz CT molecular complexity index is 501. The van der Waals surface area contributed by atoms with Crippen molar-refractivity contribution in [1.29, 1.82) is 5.26 Å². The van der Waals surface area contributed by atoms with Crippen LogP contribution in [0, 0.1) is 11.3 Å². The number of hydrogen-bond donors (Lipinski definition) is 1. The molecule has 1 fully saturated rings. The fraction of sp³-hybridized carbons (Fsp3) is 0.588. The highest BCUT2D eigenvalue weighted by atomic mass is 16.5. The van der Waals surface area contributed by atoms with E-state index in [4.69, 9.17) is 4.74 Å². The summed E-state index contributed by atoms with van der Waals surface area (Å²) in [5.41, 5.74) is 1.68. The summed E-state index contributed by atoms with van der Waals surface area (Å²) < 4.78 is 5.32. The number of anilines is 1. The molecule has 0 bridgehead atoms. The third kappa shape index (κ3) is 3.89. The third-order valence-electron chi connectivity index (χ3n) is 4.09. The number of ether oxygens (including phenoxy) is 1. The maximum absolute atomic E-state index is 9.39. The average molecular weight is 287 g/mol. The molecule has 4 heteroatoms. The molecule has 0 radical (unpaired) electrons. The Morgan fingerprint density at radius 2 is 2.24 bits per heavy atom. The molecule has 4 nitrogen and oxygen atoms in total. The van der Waals surface area contributed by atoms with Gasteiger partial charge in [0.1, 0.15) is 11.8 Å². The highest BCUT2D eigenvalue weighted by molar-refractivity contribution is 5.62. The van der Waals surface area contributed by atoms with E-state index in [9.17, 15) is 5.26 Å². The number of piperidine rings is 1. The van der Waals surface area contributed by atoms with Crippen LogP contribution in [0.3, 0.4) is 0 Å². The van der Waals surface area contributed by atoms with Crippen LogP contribution in [0.4, 0.5) is 5.69 Å². The van der Waals surface area contributed by atoms with Crippen molar-refractivity contribution in [3.05, 3.63) is 23.8 Å². The highest BCUT2D eigenvalue weighted by Crippen LogP contribution is 2.28. The Kier molecular flexibility index (Phi) is 5.46. The van der Waals surface area contributed by atoms with Gasteiger partial charge in [-0.15, -0.1) is 0 Å². The number of rotatable bonds is 5. The maximum Gasteiger partial charge on any atom is 0.121 e. The Balaban J connectivity index is 2.26. The first kappa shape index (κ1) is 15.7. The molecule has 1 saturated heterocycles. The van der Waals surface area contributed by atoms with E-state index in [0.717, 1.165) is 24.5 Å². The normalized spacial score (nSPS) is 18.3. The molecule has 0 spiro atoms. The number of nitriles is 1. The largest absolute Gasteiger partial charge is 0.497 e. The van der Waals surface area contributed by atoms with Crippen molar-refractivity contribution in [3.63, 3.8) is 0 Å². The van der Waals surface area contributed by atoms with E-state index in [2.05, 4.69) is 30.1 Å². The monoisotopic (exact) mass is 287 g/mol. The molecule has 1 aromatic rings. The minimum atomic E-state index is 0.341. The summed E-state index contributed by atoms with van der Waals surface area (Å²) in [5, 5.41) is 13.0. The van der Waals surface area contributed by atoms with Gasteiger partial charge >= 0.3 is 0 Å². The summed E-state index contributed by atoms with van der Waals surface area (Å²) in [5.74, 6) is 0.797. The number of nitrogens with one attached hydrogen (secondary N) is 1. The van der Waals surface area contributed by atoms with Gasteiger partial charge in [-0.3, -0.25) is 0 Å². The minimum absolute atomic E-state index is 0.341. The van der Waals surface area contributed by atoms with Crippen LogP contribution in [0.15, 0.2) is 18.2 Å². The standard InChI is InChI=1S/C17H25N3O/c1-13(2)20(12-15-6-4-5-9-19-15)17-10-16(21-3)8-7-14(17)11-18/h7-8,10,13,15,19H,4-6,9,12H2,1-3H3. The van der Waals surface area contributed by atoms with Crippen LogP contribution in [0.1, 0.15) is 38.7 Å². The van der Waals surface area contributed by atoms with Gasteiger partial charge in [-0.05, 0) is 45.4 Å². The molecular weight excluding hydrogens is 262 g/mol. The van der Waals surface area contributed by atoms with Gasteiger partial charge < -0.3 is 15.0 Å². The van der Waals surface area contributed by atoms with Gasteiger partial charge in [0.2, 0.25) is 0 Å². The highest BCUT2D eigenvalue weighted by Gasteiger charge is 2.21. The molecule has 0 amide bonds. The van der Waals surface area contributed by atoms with Crippen molar-refractivity contribution < 1.29 is 4.74 Å². The number of hydrogen-bond acceptors (Lipinski definition) is 4. The van der Waals surface area contributed by atoms with E-state index in [0.29, 0.717) is 17.6 Å². The first-order chi connectivity index (χ1) is 10.2. The molecule has 1 atom stereocenters. The zero-order valence-electron chi connectivity index (χ0n) is 13.2. The molecule has 1 aliphatic heterocycles. The second-order valence-electron chi connectivity index (χ2n) is 5.89. The van der Waals surface area contributed by atoms with Crippen molar-refractivity contribution in [3.8, 4) is 11.8 Å².